The minimum atomic E-state index is -0.581. The zero-order valence-electron chi connectivity index (χ0n) is 9.23. The molecule has 0 radical (unpaired) electrons. The number of hydrogen-bond acceptors (Lipinski definition) is 3. The van der Waals surface area contributed by atoms with Gasteiger partial charge in [-0.3, -0.25) is 4.79 Å². The van der Waals surface area contributed by atoms with Crippen LogP contribution in [-0.4, -0.2) is 17.9 Å². The van der Waals surface area contributed by atoms with Crippen molar-refractivity contribution in [3.63, 3.8) is 0 Å². The topological polar surface area (TPSA) is 43.4 Å². The molecule has 0 aromatic heterocycles. The van der Waals surface area contributed by atoms with Crippen LogP contribution in [0.2, 0.25) is 0 Å². The Balaban J connectivity index is 2.27. The fourth-order valence-electron chi connectivity index (χ4n) is 1.88. The molecule has 1 aromatic rings. The third-order valence-electron chi connectivity index (χ3n) is 2.77. The van der Waals surface area contributed by atoms with Gasteiger partial charge in [0.1, 0.15) is 0 Å². The Morgan fingerprint density at radius 3 is 2.56 bits per heavy atom. The zero-order chi connectivity index (χ0) is 11.5. The molecule has 16 heavy (non-hydrogen) atoms. The molecule has 1 unspecified atom stereocenters. The fourth-order valence-corrected chi connectivity index (χ4v) is 1.88. The van der Waals surface area contributed by atoms with E-state index in [2.05, 4.69) is 0 Å². The summed E-state index contributed by atoms with van der Waals surface area (Å²) >= 11 is 0. The number of unbranched alkanes of at least 4 members (excludes halogenated alkanes) is 1. The number of Topliss-reactive ketones (excluding diaryl/α,β-unsaturated/α-hetero) is 1. The summed E-state index contributed by atoms with van der Waals surface area (Å²) in [5, 5.41) is 0. The minimum absolute atomic E-state index is 0.0661. The SMILES string of the molecule is CCCCC1OC(=O)c2ccccc2C1=O. The molecule has 1 aliphatic heterocycles. The lowest BCUT2D eigenvalue weighted by atomic mass is 9.95. The molecular weight excluding hydrogens is 204 g/mol. The predicted octanol–water partition coefficient (Wildman–Crippen LogP) is 2.60. The molecule has 0 saturated heterocycles. The van der Waals surface area contributed by atoms with E-state index in [1.807, 2.05) is 6.92 Å². The van der Waals surface area contributed by atoms with Crippen molar-refractivity contribution in [1.29, 1.82) is 0 Å². The lowest BCUT2D eigenvalue weighted by Crippen LogP contribution is -2.34. The maximum Gasteiger partial charge on any atom is 0.339 e. The van der Waals surface area contributed by atoms with Crippen LogP contribution in [0.15, 0.2) is 24.3 Å². The van der Waals surface area contributed by atoms with Crippen LogP contribution in [0.25, 0.3) is 0 Å². The summed E-state index contributed by atoms with van der Waals surface area (Å²) < 4.78 is 5.14. The Morgan fingerprint density at radius 1 is 1.19 bits per heavy atom. The first kappa shape index (κ1) is 10.9. The average molecular weight is 218 g/mol. The predicted molar refractivity (Wildman–Crippen MR) is 59.5 cm³/mol. The van der Waals surface area contributed by atoms with Crippen molar-refractivity contribution in [3.05, 3.63) is 35.4 Å². The van der Waals surface area contributed by atoms with Crippen LogP contribution in [0.3, 0.4) is 0 Å². The molecule has 0 aliphatic carbocycles. The van der Waals surface area contributed by atoms with E-state index >= 15 is 0 Å². The number of rotatable bonds is 3. The lowest BCUT2D eigenvalue weighted by Gasteiger charge is -2.22. The number of fused-ring (bicyclic) bond motifs is 1. The lowest BCUT2D eigenvalue weighted by molar-refractivity contribution is 0.0226. The molecule has 0 spiro atoms. The highest BCUT2D eigenvalue weighted by Crippen LogP contribution is 2.23. The third kappa shape index (κ3) is 1.85. The first-order chi connectivity index (χ1) is 7.74. The highest BCUT2D eigenvalue weighted by atomic mass is 16.5. The summed E-state index contributed by atoms with van der Waals surface area (Å²) in [5.41, 5.74) is 0.889. The van der Waals surface area contributed by atoms with Gasteiger partial charge < -0.3 is 4.74 Å². The van der Waals surface area contributed by atoms with Crippen molar-refractivity contribution in [2.24, 2.45) is 0 Å². The monoisotopic (exact) mass is 218 g/mol. The van der Waals surface area contributed by atoms with Gasteiger partial charge in [0.05, 0.1) is 5.56 Å². The molecule has 1 atom stereocenters. The van der Waals surface area contributed by atoms with E-state index in [1.165, 1.54) is 0 Å². The van der Waals surface area contributed by atoms with E-state index < -0.39 is 6.10 Å². The number of carbonyl (C=O) groups is 2. The summed E-state index contributed by atoms with van der Waals surface area (Å²) in [5.74, 6) is -0.444. The van der Waals surface area contributed by atoms with Crippen LogP contribution in [-0.2, 0) is 4.74 Å². The maximum atomic E-state index is 12.0. The molecule has 0 fully saturated rings. The van der Waals surface area contributed by atoms with Crippen molar-refractivity contribution in [2.75, 3.05) is 0 Å². The Labute approximate surface area is 94.4 Å². The van der Waals surface area contributed by atoms with E-state index in [9.17, 15) is 9.59 Å². The number of ketones is 1. The number of carbonyl (C=O) groups excluding carboxylic acids is 2. The van der Waals surface area contributed by atoms with E-state index in [4.69, 9.17) is 4.74 Å². The van der Waals surface area contributed by atoms with Gasteiger partial charge in [-0.1, -0.05) is 31.5 Å². The molecule has 1 heterocycles. The van der Waals surface area contributed by atoms with E-state index in [-0.39, 0.29) is 11.8 Å². The number of cyclic esters (lactones) is 1. The first-order valence-electron chi connectivity index (χ1n) is 5.58. The Hall–Kier alpha value is -1.64. The number of benzene rings is 1. The molecule has 2 rings (SSSR count). The van der Waals surface area contributed by atoms with Crippen molar-refractivity contribution >= 4 is 11.8 Å². The maximum absolute atomic E-state index is 12.0. The summed E-state index contributed by atoms with van der Waals surface area (Å²) in [6.07, 6.45) is 1.92. The van der Waals surface area contributed by atoms with Crippen molar-refractivity contribution in [1.82, 2.24) is 0 Å². The van der Waals surface area contributed by atoms with Crippen molar-refractivity contribution in [3.8, 4) is 0 Å². The molecule has 3 nitrogen and oxygen atoms in total. The molecule has 0 saturated carbocycles. The summed E-state index contributed by atoms with van der Waals surface area (Å²) in [7, 11) is 0. The van der Waals surface area contributed by atoms with Gasteiger partial charge in [-0.2, -0.15) is 0 Å². The smallest absolute Gasteiger partial charge is 0.339 e. The standard InChI is InChI=1S/C13H14O3/c1-2-3-8-11-12(14)9-6-4-5-7-10(9)13(15)16-11/h4-7,11H,2-3,8H2,1H3. The van der Waals surface area contributed by atoms with Crippen molar-refractivity contribution in [2.45, 2.75) is 32.3 Å². The minimum Gasteiger partial charge on any atom is -0.450 e. The second-order valence-corrected chi connectivity index (χ2v) is 3.95. The Kier molecular flexibility index (Phi) is 3.04. The molecule has 3 heteroatoms. The Morgan fingerprint density at radius 2 is 1.88 bits per heavy atom. The van der Waals surface area contributed by atoms with Crippen LogP contribution in [0.4, 0.5) is 0 Å². The van der Waals surface area contributed by atoms with Gasteiger partial charge in [-0.05, 0) is 18.9 Å². The molecule has 84 valence electrons. The quantitative estimate of drug-likeness (QED) is 0.732. The van der Waals surface area contributed by atoms with Crippen LogP contribution in [0.5, 0.6) is 0 Å². The summed E-state index contributed by atoms with van der Waals surface area (Å²) in [6.45, 7) is 2.04. The zero-order valence-corrected chi connectivity index (χ0v) is 9.23. The van der Waals surface area contributed by atoms with Gasteiger partial charge >= 0.3 is 5.97 Å². The van der Waals surface area contributed by atoms with Gasteiger partial charge in [0.25, 0.3) is 0 Å². The van der Waals surface area contributed by atoms with Crippen LogP contribution < -0.4 is 0 Å². The molecule has 0 amide bonds. The van der Waals surface area contributed by atoms with Gasteiger partial charge in [-0.15, -0.1) is 0 Å². The first-order valence-corrected chi connectivity index (χ1v) is 5.58. The molecule has 1 aromatic carbocycles. The van der Waals surface area contributed by atoms with Crippen molar-refractivity contribution < 1.29 is 14.3 Å². The second kappa shape index (κ2) is 4.47. The van der Waals surface area contributed by atoms with Gasteiger partial charge in [0.2, 0.25) is 5.78 Å². The van der Waals surface area contributed by atoms with E-state index in [1.54, 1.807) is 24.3 Å². The largest absolute Gasteiger partial charge is 0.450 e. The van der Waals surface area contributed by atoms with Gasteiger partial charge in [-0.25, -0.2) is 4.79 Å². The van der Waals surface area contributed by atoms with Gasteiger partial charge in [0, 0.05) is 5.56 Å². The second-order valence-electron chi connectivity index (χ2n) is 3.95. The molecule has 0 bridgehead atoms. The summed E-state index contributed by atoms with van der Waals surface area (Å²) in [6, 6.07) is 6.83. The number of ether oxygens (including phenoxy) is 1. The van der Waals surface area contributed by atoms with E-state index in [0.29, 0.717) is 17.5 Å². The Bertz CT molecular complexity index is 423. The third-order valence-corrected chi connectivity index (χ3v) is 2.77. The average Bonchev–Trinajstić information content (AvgIpc) is 2.32. The normalized spacial score (nSPS) is 19.2. The highest BCUT2D eigenvalue weighted by molar-refractivity contribution is 6.12. The van der Waals surface area contributed by atoms with E-state index in [0.717, 1.165) is 12.8 Å². The van der Waals surface area contributed by atoms with Crippen LogP contribution in [0.1, 0.15) is 46.9 Å². The molecular formula is C13H14O3. The van der Waals surface area contributed by atoms with Crippen LogP contribution >= 0.6 is 0 Å². The van der Waals surface area contributed by atoms with Crippen LogP contribution in [0, 0.1) is 0 Å². The molecule has 1 aliphatic rings. The summed E-state index contributed by atoms with van der Waals surface area (Å²) in [4.78, 5) is 23.6. The number of esters is 1. The number of hydrogen-bond donors (Lipinski definition) is 0. The fraction of sp³-hybridized carbons (Fsp3) is 0.385. The molecule has 0 N–H and O–H groups in total. The van der Waals surface area contributed by atoms with Gasteiger partial charge in [0.15, 0.2) is 6.10 Å². The highest BCUT2D eigenvalue weighted by Gasteiger charge is 2.32.